The van der Waals surface area contributed by atoms with Crippen molar-refractivity contribution in [1.82, 2.24) is 19.4 Å². The number of rotatable bonds is 4. The van der Waals surface area contributed by atoms with Crippen LogP contribution >= 0.6 is 0 Å². The molecule has 0 bridgehead atoms. The Hall–Kier alpha value is -3.74. The molecule has 3 heterocycles. The first-order chi connectivity index (χ1) is 15.4. The zero-order chi connectivity index (χ0) is 22.8. The molecule has 0 aliphatic carbocycles. The van der Waals surface area contributed by atoms with Gasteiger partial charge < -0.3 is 19.5 Å². The molecule has 0 spiro atoms. The molecule has 0 atom stereocenters. The maximum atomic E-state index is 14.9. The lowest BCUT2D eigenvalue weighted by Crippen LogP contribution is -2.40. The number of hydrogen-bond donors (Lipinski definition) is 1. The van der Waals surface area contributed by atoms with Gasteiger partial charge in [0.2, 0.25) is 0 Å². The van der Waals surface area contributed by atoms with Gasteiger partial charge in [0, 0.05) is 25.3 Å². The fraction of sp³-hybridized carbons (Fsp3) is 0.364. The highest BCUT2D eigenvalue weighted by molar-refractivity contribution is 5.90. The summed E-state index contributed by atoms with van der Waals surface area (Å²) in [4.78, 5) is 22.1. The molecule has 1 fully saturated rings. The highest BCUT2D eigenvalue weighted by Gasteiger charge is 2.28. The van der Waals surface area contributed by atoms with E-state index in [2.05, 4.69) is 15.3 Å². The van der Waals surface area contributed by atoms with E-state index in [-0.39, 0.29) is 40.7 Å². The molecule has 0 radical (unpaired) electrons. The third-order valence-electron chi connectivity index (χ3n) is 5.37. The van der Waals surface area contributed by atoms with E-state index in [1.807, 2.05) is 6.07 Å². The molecule has 0 unspecified atom stereocenters. The lowest BCUT2D eigenvalue weighted by molar-refractivity contribution is 0.0663. The minimum atomic E-state index is -0.642. The molecule has 1 aromatic carbocycles. The van der Waals surface area contributed by atoms with E-state index < -0.39 is 11.6 Å². The second-order valence-corrected chi connectivity index (χ2v) is 7.89. The van der Waals surface area contributed by atoms with Crippen molar-refractivity contribution in [3.8, 4) is 6.07 Å². The van der Waals surface area contributed by atoms with E-state index >= 15 is 0 Å². The Bertz CT molecular complexity index is 1200. The number of halogens is 2. The fourth-order valence-corrected chi connectivity index (χ4v) is 3.83. The van der Waals surface area contributed by atoms with Gasteiger partial charge in [-0.25, -0.2) is 23.5 Å². The van der Waals surface area contributed by atoms with Crippen molar-refractivity contribution in [2.24, 2.45) is 0 Å². The Balaban J connectivity index is 1.57. The Morgan fingerprint density at radius 1 is 1.25 bits per heavy atom. The summed E-state index contributed by atoms with van der Waals surface area (Å²) in [5, 5.41) is 11.8. The number of fused-ring (bicyclic) bond motifs is 1. The van der Waals surface area contributed by atoms with Gasteiger partial charge in [-0.05, 0) is 44.9 Å². The van der Waals surface area contributed by atoms with Crippen LogP contribution in [0.15, 0.2) is 30.7 Å². The molecular formula is C22H22F2N6O2. The first-order valence-electron chi connectivity index (χ1n) is 10.3. The lowest BCUT2D eigenvalue weighted by Gasteiger charge is -2.32. The van der Waals surface area contributed by atoms with Gasteiger partial charge in [-0.3, -0.25) is 0 Å². The highest BCUT2D eigenvalue weighted by atomic mass is 19.1. The van der Waals surface area contributed by atoms with Gasteiger partial charge in [-0.1, -0.05) is 0 Å². The fourth-order valence-electron chi connectivity index (χ4n) is 3.83. The van der Waals surface area contributed by atoms with Crippen LogP contribution in [0.3, 0.4) is 0 Å². The van der Waals surface area contributed by atoms with Crippen molar-refractivity contribution in [2.75, 3.05) is 18.4 Å². The van der Waals surface area contributed by atoms with Crippen molar-refractivity contribution in [2.45, 2.75) is 38.8 Å². The van der Waals surface area contributed by atoms with E-state index in [1.54, 1.807) is 23.3 Å². The summed E-state index contributed by atoms with van der Waals surface area (Å²) in [6.45, 7) is 4.58. The molecule has 10 heteroatoms. The number of hydrogen-bond acceptors (Lipinski definition) is 6. The Kier molecular flexibility index (Phi) is 5.90. The first-order valence-corrected chi connectivity index (χ1v) is 10.3. The van der Waals surface area contributed by atoms with E-state index in [9.17, 15) is 13.6 Å². The monoisotopic (exact) mass is 440 g/mol. The molecular weight excluding hydrogens is 418 g/mol. The summed E-state index contributed by atoms with van der Waals surface area (Å²) in [5.74, 6) is -1.04. The highest BCUT2D eigenvalue weighted by Crippen LogP contribution is 2.33. The third-order valence-corrected chi connectivity index (χ3v) is 5.37. The summed E-state index contributed by atoms with van der Waals surface area (Å²) >= 11 is 0. The van der Waals surface area contributed by atoms with Crippen molar-refractivity contribution in [1.29, 1.82) is 5.26 Å². The van der Waals surface area contributed by atoms with E-state index in [1.165, 1.54) is 24.7 Å². The predicted octanol–water partition coefficient (Wildman–Crippen LogP) is 4.51. The standard InChI is InChI=1S/C22H22F2N6O2/c1-13(2)32-22(31)29-7-5-15(6-8-29)30-11-17(24)19-20(26-12-27-21(19)30)28-18-4-3-14(10-25)9-16(18)23/h3-4,9,11-13,15H,5-8H2,1-2H3,(H,26,27,28). The number of ether oxygens (including phenoxy) is 1. The molecule has 4 rings (SSSR count). The van der Waals surface area contributed by atoms with Gasteiger partial charge in [0.15, 0.2) is 5.82 Å². The van der Waals surface area contributed by atoms with Crippen LogP contribution in [0.5, 0.6) is 0 Å². The number of amides is 1. The second-order valence-electron chi connectivity index (χ2n) is 7.89. The van der Waals surface area contributed by atoms with Crippen LogP contribution in [-0.4, -0.2) is 44.7 Å². The number of likely N-dealkylation sites (tertiary alicyclic amines) is 1. The quantitative estimate of drug-likeness (QED) is 0.641. The van der Waals surface area contributed by atoms with E-state index in [0.29, 0.717) is 31.6 Å². The van der Waals surface area contributed by atoms with Crippen molar-refractivity contribution in [3.05, 3.63) is 47.9 Å². The molecule has 1 N–H and O–H groups in total. The van der Waals surface area contributed by atoms with Crippen LogP contribution in [-0.2, 0) is 4.74 Å². The predicted molar refractivity (Wildman–Crippen MR) is 113 cm³/mol. The molecule has 8 nitrogen and oxygen atoms in total. The lowest BCUT2D eigenvalue weighted by atomic mass is 10.1. The minimum absolute atomic E-state index is 0.0560. The summed E-state index contributed by atoms with van der Waals surface area (Å²) < 4.78 is 36.2. The minimum Gasteiger partial charge on any atom is -0.447 e. The van der Waals surface area contributed by atoms with Gasteiger partial charge in [-0.15, -0.1) is 0 Å². The maximum Gasteiger partial charge on any atom is 0.410 e. The van der Waals surface area contributed by atoms with Crippen LogP contribution in [0.4, 0.5) is 25.1 Å². The molecule has 1 saturated heterocycles. The molecule has 0 saturated carbocycles. The van der Waals surface area contributed by atoms with Crippen LogP contribution in [0.25, 0.3) is 11.0 Å². The van der Waals surface area contributed by atoms with Gasteiger partial charge in [0.25, 0.3) is 0 Å². The molecule has 166 valence electrons. The molecule has 1 aliphatic rings. The van der Waals surface area contributed by atoms with Crippen molar-refractivity contribution >= 4 is 28.6 Å². The summed E-state index contributed by atoms with van der Waals surface area (Å²) in [6.07, 6.45) is 3.36. The summed E-state index contributed by atoms with van der Waals surface area (Å²) in [5.41, 5.74) is 0.646. The maximum absolute atomic E-state index is 14.9. The molecule has 32 heavy (non-hydrogen) atoms. The number of nitriles is 1. The zero-order valence-corrected chi connectivity index (χ0v) is 17.7. The Morgan fingerprint density at radius 2 is 2.00 bits per heavy atom. The molecule has 2 aromatic heterocycles. The number of carbonyl (C=O) groups is 1. The number of nitrogens with one attached hydrogen (secondary N) is 1. The largest absolute Gasteiger partial charge is 0.447 e. The molecule has 1 amide bonds. The van der Waals surface area contributed by atoms with Gasteiger partial charge >= 0.3 is 6.09 Å². The Morgan fingerprint density at radius 3 is 2.66 bits per heavy atom. The van der Waals surface area contributed by atoms with Crippen molar-refractivity contribution < 1.29 is 18.3 Å². The number of carbonyl (C=O) groups excluding carboxylic acids is 1. The number of anilines is 2. The second kappa shape index (κ2) is 8.78. The number of benzene rings is 1. The zero-order valence-electron chi connectivity index (χ0n) is 17.7. The normalized spacial score (nSPS) is 14.6. The number of aromatic nitrogens is 3. The van der Waals surface area contributed by atoms with Gasteiger partial charge in [0.1, 0.15) is 23.6 Å². The van der Waals surface area contributed by atoms with Crippen LogP contribution in [0.1, 0.15) is 38.3 Å². The topological polar surface area (TPSA) is 96.1 Å². The van der Waals surface area contributed by atoms with E-state index in [4.69, 9.17) is 10.00 Å². The third kappa shape index (κ3) is 4.19. The number of nitrogens with zero attached hydrogens (tertiary/aromatic N) is 5. The van der Waals surface area contributed by atoms with Crippen LogP contribution < -0.4 is 5.32 Å². The summed E-state index contributed by atoms with van der Waals surface area (Å²) in [6, 6.07) is 5.78. The van der Waals surface area contributed by atoms with Crippen molar-refractivity contribution in [3.63, 3.8) is 0 Å². The van der Waals surface area contributed by atoms with Crippen LogP contribution in [0.2, 0.25) is 0 Å². The van der Waals surface area contributed by atoms with E-state index in [0.717, 1.165) is 6.07 Å². The first kappa shape index (κ1) is 21.5. The smallest absolute Gasteiger partial charge is 0.410 e. The molecule has 3 aromatic rings. The average Bonchev–Trinajstić information content (AvgIpc) is 3.12. The van der Waals surface area contributed by atoms with Gasteiger partial charge in [0.05, 0.1) is 28.8 Å². The Labute approximate surface area is 183 Å². The summed E-state index contributed by atoms with van der Waals surface area (Å²) in [7, 11) is 0. The molecule has 1 aliphatic heterocycles. The number of piperidine rings is 1. The van der Waals surface area contributed by atoms with Crippen LogP contribution in [0, 0.1) is 23.0 Å². The van der Waals surface area contributed by atoms with Gasteiger partial charge in [-0.2, -0.15) is 5.26 Å². The SMILES string of the molecule is CC(C)OC(=O)N1CCC(n2cc(F)c3c(Nc4ccc(C#N)cc4F)ncnc32)CC1. The average molecular weight is 440 g/mol.